The van der Waals surface area contributed by atoms with Crippen LogP contribution in [-0.2, 0) is 6.42 Å². The first kappa shape index (κ1) is 19.4. The van der Waals surface area contributed by atoms with E-state index in [0.717, 1.165) is 24.0 Å². The standard InChI is InChI=1S/C23H22N4O3/c1-2-30-21-12-17(5-6-18(21)23(28)29)20-13-22(27-14-26-20)25-9-7-15-3-4-16-8-10-24-19(16)11-15/h3-6,8,10-14,24H,2,7,9H2,1H3,(H,28,29)(H,25,26,27). The van der Waals surface area contributed by atoms with E-state index in [4.69, 9.17) is 4.74 Å². The van der Waals surface area contributed by atoms with Gasteiger partial charge in [-0.05, 0) is 48.6 Å². The van der Waals surface area contributed by atoms with Gasteiger partial charge in [0.25, 0.3) is 0 Å². The number of anilines is 1. The SMILES string of the molecule is CCOc1cc(-c2cc(NCCc3ccc4cc[nH]c4c3)ncn2)ccc1C(=O)O. The second-order valence-corrected chi connectivity index (χ2v) is 6.81. The van der Waals surface area contributed by atoms with Crippen LogP contribution in [0.25, 0.3) is 22.2 Å². The summed E-state index contributed by atoms with van der Waals surface area (Å²) in [5.74, 6) is 0.0177. The maximum atomic E-state index is 11.4. The van der Waals surface area contributed by atoms with Gasteiger partial charge in [-0.25, -0.2) is 14.8 Å². The van der Waals surface area contributed by atoms with Gasteiger partial charge in [-0.3, -0.25) is 0 Å². The lowest BCUT2D eigenvalue weighted by Gasteiger charge is -2.10. The van der Waals surface area contributed by atoms with Crippen molar-refractivity contribution in [3.63, 3.8) is 0 Å². The summed E-state index contributed by atoms with van der Waals surface area (Å²) < 4.78 is 5.49. The fourth-order valence-electron chi connectivity index (χ4n) is 3.33. The molecule has 2 aromatic heterocycles. The molecule has 0 spiro atoms. The van der Waals surface area contributed by atoms with Gasteiger partial charge >= 0.3 is 5.97 Å². The number of aromatic nitrogens is 3. The number of carboxylic acid groups (broad SMARTS) is 1. The minimum absolute atomic E-state index is 0.132. The lowest BCUT2D eigenvalue weighted by molar-refractivity contribution is 0.0692. The quantitative estimate of drug-likeness (QED) is 0.404. The van der Waals surface area contributed by atoms with E-state index in [0.29, 0.717) is 23.9 Å². The largest absolute Gasteiger partial charge is 0.493 e. The highest BCUT2D eigenvalue weighted by molar-refractivity contribution is 5.92. The fraction of sp³-hybridized carbons (Fsp3) is 0.174. The number of nitrogens with one attached hydrogen (secondary N) is 2. The average molecular weight is 402 g/mol. The van der Waals surface area contributed by atoms with Crippen molar-refractivity contribution in [2.45, 2.75) is 13.3 Å². The summed E-state index contributed by atoms with van der Waals surface area (Å²) in [7, 11) is 0. The molecule has 0 fully saturated rings. The summed E-state index contributed by atoms with van der Waals surface area (Å²) in [6.07, 6.45) is 4.29. The molecule has 0 radical (unpaired) electrons. The molecule has 30 heavy (non-hydrogen) atoms. The number of ether oxygens (including phenoxy) is 1. The minimum Gasteiger partial charge on any atom is -0.493 e. The Kier molecular flexibility index (Phi) is 5.61. The van der Waals surface area contributed by atoms with Crippen LogP contribution in [0.3, 0.4) is 0 Å². The maximum absolute atomic E-state index is 11.4. The summed E-state index contributed by atoms with van der Waals surface area (Å²) >= 11 is 0. The van der Waals surface area contributed by atoms with Gasteiger partial charge in [-0.2, -0.15) is 0 Å². The van der Waals surface area contributed by atoms with Crippen molar-refractivity contribution in [2.75, 3.05) is 18.5 Å². The van der Waals surface area contributed by atoms with Gasteiger partial charge in [0.05, 0.1) is 12.3 Å². The number of aromatic carboxylic acids is 1. The number of hydrogen-bond donors (Lipinski definition) is 3. The molecule has 0 unspecified atom stereocenters. The number of carbonyl (C=O) groups is 1. The summed E-state index contributed by atoms with van der Waals surface area (Å²) in [5.41, 5.74) is 3.96. The zero-order valence-electron chi connectivity index (χ0n) is 16.6. The van der Waals surface area contributed by atoms with Crippen molar-refractivity contribution in [3.05, 3.63) is 72.2 Å². The van der Waals surface area contributed by atoms with Gasteiger partial charge in [0, 0.05) is 29.9 Å². The Morgan fingerprint density at radius 2 is 2.03 bits per heavy atom. The summed E-state index contributed by atoms with van der Waals surface area (Å²) in [4.78, 5) is 23.2. The zero-order chi connectivity index (χ0) is 20.9. The van der Waals surface area contributed by atoms with E-state index in [1.165, 1.54) is 23.3 Å². The molecule has 3 N–H and O–H groups in total. The monoisotopic (exact) mass is 402 g/mol. The molecule has 0 amide bonds. The molecule has 0 atom stereocenters. The van der Waals surface area contributed by atoms with E-state index < -0.39 is 5.97 Å². The van der Waals surface area contributed by atoms with E-state index >= 15 is 0 Å². The number of hydrogen-bond acceptors (Lipinski definition) is 5. The first-order valence-electron chi connectivity index (χ1n) is 9.76. The number of fused-ring (bicyclic) bond motifs is 1. The van der Waals surface area contributed by atoms with Crippen LogP contribution in [0.15, 0.2) is 61.1 Å². The highest BCUT2D eigenvalue weighted by Crippen LogP contribution is 2.27. The van der Waals surface area contributed by atoms with Crippen molar-refractivity contribution in [1.82, 2.24) is 15.0 Å². The van der Waals surface area contributed by atoms with E-state index in [9.17, 15) is 9.90 Å². The van der Waals surface area contributed by atoms with Crippen molar-refractivity contribution in [2.24, 2.45) is 0 Å². The van der Waals surface area contributed by atoms with Crippen LogP contribution in [0, 0.1) is 0 Å². The summed E-state index contributed by atoms with van der Waals surface area (Å²) in [6, 6.07) is 15.3. The van der Waals surface area contributed by atoms with Crippen LogP contribution in [0.4, 0.5) is 5.82 Å². The Morgan fingerprint density at radius 1 is 1.13 bits per heavy atom. The third-order valence-electron chi connectivity index (χ3n) is 4.81. The van der Waals surface area contributed by atoms with Gasteiger partial charge in [-0.15, -0.1) is 0 Å². The van der Waals surface area contributed by atoms with Crippen LogP contribution in [-0.4, -0.2) is 39.2 Å². The molecule has 2 heterocycles. The number of rotatable bonds is 8. The van der Waals surface area contributed by atoms with Crippen LogP contribution < -0.4 is 10.1 Å². The molecule has 7 nitrogen and oxygen atoms in total. The lowest BCUT2D eigenvalue weighted by Crippen LogP contribution is -2.07. The Labute approximate surface area is 173 Å². The fourth-order valence-corrected chi connectivity index (χ4v) is 3.33. The molecular weight excluding hydrogens is 380 g/mol. The first-order chi connectivity index (χ1) is 14.6. The number of H-pyrrole nitrogens is 1. The summed E-state index contributed by atoms with van der Waals surface area (Å²) in [6.45, 7) is 2.93. The predicted molar refractivity (Wildman–Crippen MR) is 116 cm³/mol. The van der Waals surface area contributed by atoms with Gasteiger partial charge in [-0.1, -0.05) is 18.2 Å². The molecular formula is C23H22N4O3. The smallest absolute Gasteiger partial charge is 0.339 e. The van der Waals surface area contributed by atoms with E-state index in [1.54, 1.807) is 12.1 Å². The second kappa shape index (κ2) is 8.65. The zero-order valence-corrected chi connectivity index (χ0v) is 16.6. The Hall–Kier alpha value is -3.87. The predicted octanol–water partition coefficient (Wildman–Crippen LogP) is 4.38. The molecule has 0 bridgehead atoms. The highest BCUT2D eigenvalue weighted by atomic mass is 16.5. The molecule has 0 aliphatic carbocycles. The minimum atomic E-state index is -1.02. The molecule has 2 aromatic carbocycles. The third kappa shape index (κ3) is 4.25. The first-order valence-corrected chi connectivity index (χ1v) is 9.76. The molecule has 0 saturated carbocycles. The number of benzene rings is 2. The number of carboxylic acids is 1. The average Bonchev–Trinajstić information content (AvgIpc) is 3.22. The molecule has 152 valence electrons. The topological polar surface area (TPSA) is 100 Å². The van der Waals surface area contributed by atoms with Gasteiger partial charge in [0.2, 0.25) is 0 Å². The van der Waals surface area contributed by atoms with Crippen LogP contribution in [0.5, 0.6) is 5.75 Å². The second-order valence-electron chi connectivity index (χ2n) is 6.81. The Morgan fingerprint density at radius 3 is 2.87 bits per heavy atom. The molecule has 7 heteroatoms. The lowest BCUT2D eigenvalue weighted by atomic mass is 10.1. The van der Waals surface area contributed by atoms with Crippen molar-refractivity contribution in [1.29, 1.82) is 0 Å². The number of nitrogens with zero attached hydrogens (tertiary/aromatic N) is 2. The van der Waals surface area contributed by atoms with E-state index in [2.05, 4.69) is 44.5 Å². The van der Waals surface area contributed by atoms with Crippen LogP contribution in [0.2, 0.25) is 0 Å². The third-order valence-corrected chi connectivity index (χ3v) is 4.81. The van der Waals surface area contributed by atoms with Gasteiger partial charge < -0.3 is 20.1 Å². The molecule has 0 aliphatic heterocycles. The van der Waals surface area contributed by atoms with Gasteiger partial charge in [0.1, 0.15) is 23.5 Å². The molecule has 0 saturated heterocycles. The van der Waals surface area contributed by atoms with E-state index in [-0.39, 0.29) is 5.56 Å². The number of aromatic amines is 1. The van der Waals surface area contributed by atoms with Crippen molar-refractivity contribution in [3.8, 4) is 17.0 Å². The summed E-state index contributed by atoms with van der Waals surface area (Å²) in [5, 5.41) is 13.8. The molecule has 4 rings (SSSR count). The van der Waals surface area contributed by atoms with Gasteiger partial charge in [0.15, 0.2) is 0 Å². The van der Waals surface area contributed by atoms with Crippen LogP contribution >= 0.6 is 0 Å². The van der Waals surface area contributed by atoms with E-state index in [1.807, 2.05) is 19.2 Å². The maximum Gasteiger partial charge on any atom is 0.339 e. The van der Waals surface area contributed by atoms with Crippen molar-refractivity contribution >= 4 is 22.7 Å². The van der Waals surface area contributed by atoms with Crippen LogP contribution in [0.1, 0.15) is 22.8 Å². The Balaban J connectivity index is 1.47. The molecule has 4 aromatic rings. The molecule has 0 aliphatic rings. The van der Waals surface area contributed by atoms with Crippen molar-refractivity contribution < 1.29 is 14.6 Å². The Bertz CT molecular complexity index is 1190. The normalized spacial score (nSPS) is 10.8. The highest BCUT2D eigenvalue weighted by Gasteiger charge is 2.13.